The van der Waals surface area contributed by atoms with Crippen molar-refractivity contribution in [3.8, 4) is 0 Å². The van der Waals surface area contributed by atoms with Gasteiger partial charge in [0, 0.05) is 5.54 Å². The van der Waals surface area contributed by atoms with Gasteiger partial charge in [0.25, 0.3) is 0 Å². The molecule has 0 spiro atoms. The fraction of sp³-hybridized carbons (Fsp3) is 0.214. The molecular formula is C28H30Si. The van der Waals surface area contributed by atoms with E-state index in [4.69, 9.17) is 0 Å². The summed E-state index contributed by atoms with van der Waals surface area (Å²) in [5.74, 6) is 0. The Bertz CT molecular complexity index is 1010. The molecule has 1 atom stereocenters. The van der Waals surface area contributed by atoms with Crippen molar-refractivity contribution >= 4 is 23.6 Å². The maximum absolute atomic E-state index is 2.48. The maximum atomic E-state index is 2.48. The second-order valence-corrected chi connectivity index (χ2v) is 12.6. The summed E-state index contributed by atoms with van der Waals surface area (Å²) in [5, 5.41) is 4.49. The summed E-state index contributed by atoms with van der Waals surface area (Å²) in [7, 11) is -2.33. The molecule has 0 N–H and O–H groups in total. The van der Waals surface area contributed by atoms with Crippen LogP contribution in [0.25, 0.3) is 0 Å². The van der Waals surface area contributed by atoms with Gasteiger partial charge in [-0.05, 0) is 50.2 Å². The topological polar surface area (TPSA) is 0 Å². The van der Waals surface area contributed by atoms with Gasteiger partial charge in [-0.15, -0.1) is 0 Å². The van der Waals surface area contributed by atoms with Gasteiger partial charge in [-0.1, -0.05) is 113 Å². The van der Waals surface area contributed by atoms with E-state index in [0.717, 1.165) is 0 Å². The number of hydrogen-bond donors (Lipinski definition) is 0. The maximum Gasteiger partial charge on any atom is 0.159 e. The lowest BCUT2D eigenvalue weighted by Gasteiger charge is -2.40. The number of allylic oxidation sites excluding steroid dienone is 4. The number of hydrogen-bond acceptors (Lipinski definition) is 0. The van der Waals surface area contributed by atoms with Crippen LogP contribution in [-0.4, -0.2) is 8.07 Å². The average molecular weight is 395 g/mol. The van der Waals surface area contributed by atoms with E-state index >= 15 is 0 Å². The zero-order valence-electron chi connectivity index (χ0n) is 18.2. The summed E-state index contributed by atoms with van der Waals surface area (Å²) in [6, 6.07) is 27.8. The molecule has 0 nitrogen and oxygen atoms in total. The molecular weight excluding hydrogens is 364 g/mol. The Morgan fingerprint density at radius 2 is 1.00 bits per heavy atom. The van der Waals surface area contributed by atoms with Crippen LogP contribution in [-0.2, 0) is 0 Å². The van der Waals surface area contributed by atoms with Crippen molar-refractivity contribution in [1.82, 2.24) is 0 Å². The van der Waals surface area contributed by atoms with E-state index in [2.05, 4.69) is 120 Å². The van der Waals surface area contributed by atoms with Crippen LogP contribution < -0.4 is 15.6 Å². The molecule has 3 aromatic rings. The molecule has 0 fully saturated rings. The van der Waals surface area contributed by atoms with Crippen LogP contribution in [0.15, 0.2) is 96.1 Å². The van der Waals surface area contributed by atoms with Crippen molar-refractivity contribution in [2.45, 2.75) is 40.2 Å². The normalized spacial score (nSPS) is 16.5. The minimum atomic E-state index is -2.33. The predicted octanol–water partition coefficient (Wildman–Crippen LogP) is 5.36. The molecule has 1 unspecified atom stereocenters. The highest BCUT2D eigenvalue weighted by Gasteiger charge is 2.47. The molecule has 0 heterocycles. The third-order valence-corrected chi connectivity index (χ3v) is 11.7. The Labute approximate surface area is 176 Å². The largest absolute Gasteiger partial charge is 0.159 e. The van der Waals surface area contributed by atoms with Crippen molar-refractivity contribution in [2.24, 2.45) is 0 Å². The van der Waals surface area contributed by atoms with Gasteiger partial charge in [-0.25, -0.2) is 0 Å². The first kappa shape index (κ1) is 19.7. The molecule has 3 aromatic carbocycles. The highest BCUT2D eigenvalue weighted by atomic mass is 28.3. The van der Waals surface area contributed by atoms with E-state index in [1.807, 2.05) is 0 Å². The standard InChI is InChI=1S/C28H30Si/c1-20-9-6-12-25(17-20)29(26-13-7-10-21(2)18-26,27-14-8-11-22(3)19-27)28-16-15-23(4)24(28)5/h6-19,28H,1-5H3. The minimum absolute atomic E-state index is 0.424. The number of aryl methyl sites for hydroxylation is 3. The van der Waals surface area contributed by atoms with Crippen LogP contribution in [0.5, 0.6) is 0 Å². The lowest BCUT2D eigenvalue weighted by molar-refractivity contribution is 1.17. The van der Waals surface area contributed by atoms with Crippen LogP contribution >= 0.6 is 0 Å². The van der Waals surface area contributed by atoms with Gasteiger partial charge in [0.15, 0.2) is 8.07 Å². The highest BCUT2D eigenvalue weighted by molar-refractivity contribution is 7.13. The zero-order valence-corrected chi connectivity index (χ0v) is 19.2. The van der Waals surface area contributed by atoms with Crippen molar-refractivity contribution in [2.75, 3.05) is 0 Å². The Kier molecular flexibility index (Phi) is 5.18. The van der Waals surface area contributed by atoms with E-state index in [0.29, 0.717) is 5.54 Å². The Morgan fingerprint density at radius 1 is 0.586 bits per heavy atom. The van der Waals surface area contributed by atoms with Crippen LogP contribution in [0, 0.1) is 20.8 Å². The molecule has 0 bridgehead atoms. The smallest absolute Gasteiger partial charge is 0.0788 e. The fourth-order valence-corrected chi connectivity index (χ4v) is 10.7. The van der Waals surface area contributed by atoms with E-state index in [1.54, 1.807) is 0 Å². The Hall–Kier alpha value is -2.64. The molecule has 1 heteroatoms. The Morgan fingerprint density at radius 3 is 1.31 bits per heavy atom. The first-order valence-corrected chi connectivity index (χ1v) is 12.6. The summed E-state index contributed by atoms with van der Waals surface area (Å²) < 4.78 is 0. The van der Waals surface area contributed by atoms with Gasteiger partial charge in [0.05, 0.1) is 0 Å². The molecule has 4 rings (SSSR count). The zero-order chi connectivity index (χ0) is 20.6. The van der Waals surface area contributed by atoms with Gasteiger partial charge < -0.3 is 0 Å². The van der Waals surface area contributed by atoms with Gasteiger partial charge in [-0.2, -0.15) is 0 Å². The molecule has 0 aliphatic heterocycles. The van der Waals surface area contributed by atoms with Gasteiger partial charge in [-0.3, -0.25) is 0 Å². The molecule has 1 aliphatic rings. The van der Waals surface area contributed by atoms with Crippen molar-refractivity contribution in [1.29, 1.82) is 0 Å². The third-order valence-electron chi connectivity index (χ3n) is 6.51. The SMILES string of the molecule is CC1=C(C)C([Si](c2cccc(C)c2)(c2cccc(C)c2)c2cccc(C)c2)C=C1. The lowest BCUT2D eigenvalue weighted by atomic mass is 10.2. The number of benzene rings is 3. The van der Waals surface area contributed by atoms with E-state index in [-0.39, 0.29) is 0 Å². The minimum Gasteiger partial charge on any atom is -0.0788 e. The van der Waals surface area contributed by atoms with Crippen LogP contribution in [0.1, 0.15) is 30.5 Å². The summed E-state index contributed by atoms with van der Waals surface area (Å²) in [6.45, 7) is 11.2. The second kappa shape index (κ2) is 7.65. The van der Waals surface area contributed by atoms with Crippen molar-refractivity contribution in [3.05, 3.63) is 113 Å². The van der Waals surface area contributed by atoms with Gasteiger partial charge in [0.1, 0.15) is 0 Å². The van der Waals surface area contributed by atoms with Crippen LogP contribution in [0.3, 0.4) is 0 Å². The first-order valence-electron chi connectivity index (χ1n) is 10.5. The Balaban J connectivity index is 2.15. The van der Waals surface area contributed by atoms with Gasteiger partial charge >= 0.3 is 0 Å². The van der Waals surface area contributed by atoms with Crippen molar-refractivity contribution < 1.29 is 0 Å². The lowest BCUT2D eigenvalue weighted by Crippen LogP contribution is -2.69. The molecule has 0 amide bonds. The van der Waals surface area contributed by atoms with Crippen LogP contribution in [0.4, 0.5) is 0 Å². The summed E-state index contributed by atoms with van der Waals surface area (Å²) >= 11 is 0. The van der Waals surface area contributed by atoms with Crippen LogP contribution in [0.2, 0.25) is 5.54 Å². The quantitative estimate of drug-likeness (QED) is 0.413. The summed E-state index contributed by atoms with van der Waals surface area (Å²) in [5.41, 5.74) is 7.36. The van der Waals surface area contributed by atoms with E-state index < -0.39 is 8.07 Å². The average Bonchev–Trinajstić information content (AvgIpc) is 3.02. The molecule has 29 heavy (non-hydrogen) atoms. The first-order chi connectivity index (χ1) is 13.9. The highest BCUT2D eigenvalue weighted by Crippen LogP contribution is 2.38. The third kappa shape index (κ3) is 3.34. The molecule has 0 saturated carbocycles. The molecule has 0 radical (unpaired) electrons. The monoisotopic (exact) mass is 394 g/mol. The number of rotatable bonds is 4. The molecule has 0 aromatic heterocycles. The second-order valence-electron chi connectivity index (χ2n) is 8.62. The molecule has 146 valence electrons. The fourth-order valence-electron chi connectivity index (χ4n) is 4.94. The van der Waals surface area contributed by atoms with Crippen molar-refractivity contribution in [3.63, 3.8) is 0 Å². The van der Waals surface area contributed by atoms with E-state index in [1.165, 1.54) is 43.4 Å². The summed E-state index contributed by atoms with van der Waals surface area (Å²) in [6.07, 6.45) is 4.81. The molecule has 1 aliphatic carbocycles. The predicted molar refractivity (Wildman–Crippen MR) is 129 cm³/mol. The van der Waals surface area contributed by atoms with E-state index in [9.17, 15) is 0 Å². The summed E-state index contributed by atoms with van der Waals surface area (Å²) in [4.78, 5) is 0. The van der Waals surface area contributed by atoms with Gasteiger partial charge in [0.2, 0.25) is 0 Å². The molecule has 0 saturated heterocycles.